The van der Waals surface area contributed by atoms with Gasteiger partial charge in [0.25, 0.3) is 0 Å². The van der Waals surface area contributed by atoms with Crippen LogP contribution >= 0.6 is 23.1 Å². The van der Waals surface area contributed by atoms with E-state index >= 15 is 0 Å². The van der Waals surface area contributed by atoms with Crippen LogP contribution in [0, 0.1) is 5.82 Å². The number of hydrogen-bond donors (Lipinski definition) is 0. The van der Waals surface area contributed by atoms with Crippen LogP contribution in [0.25, 0.3) is 21.2 Å². The highest BCUT2D eigenvalue weighted by atomic mass is 32.2. The summed E-state index contributed by atoms with van der Waals surface area (Å²) in [5.41, 5.74) is 1.39. The Morgan fingerprint density at radius 1 is 1.31 bits per heavy atom. The van der Waals surface area contributed by atoms with E-state index in [1.807, 2.05) is 29.9 Å². The number of hydrogen-bond acceptors (Lipinski definition) is 5. The molecule has 29 heavy (non-hydrogen) atoms. The molecule has 5 nitrogen and oxygen atoms in total. The van der Waals surface area contributed by atoms with Gasteiger partial charge in [0, 0.05) is 17.7 Å². The first-order chi connectivity index (χ1) is 14.1. The van der Waals surface area contributed by atoms with E-state index < -0.39 is 5.91 Å². The van der Waals surface area contributed by atoms with Gasteiger partial charge in [-0.05, 0) is 43.5 Å². The number of thioether (sulfide) groups is 1. The second kappa shape index (κ2) is 8.42. The summed E-state index contributed by atoms with van der Waals surface area (Å²) in [5, 5.41) is 0.781. The van der Waals surface area contributed by atoms with E-state index in [9.17, 15) is 9.18 Å². The quantitative estimate of drug-likeness (QED) is 0.428. The Hall–Kier alpha value is -2.58. The molecule has 0 saturated carbocycles. The number of ether oxygens (including phenoxy) is 1. The number of carbonyl (C=O) groups is 1. The van der Waals surface area contributed by atoms with Crippen LogP contribution < -0.4 is 9.54 Å². The molecule has 8 heteroatoms. The van der Waals surface area contributed by atoms with Crippen molar-refractivity contribution in [3.63, 3.8) is 0 Å². The van der Waals surface area contributed by atoms with Gasteiger partial charge in [-0.2, -0.15) is 16.8 Å². The highest BCUT2D eigenvalue weighted by Gasteiger charge is 2.16. The van der Waals surface area contributed by atoms with Crippen LogP contribution in [-0.2, 0) is 6.54 Å². The minimum Gasteiger partial charge on any atom is -0.490 e. The number of para-hydroxylation sites is 1. The van der Waals surface area contributed by atoms with Gasteiger partial charge in [-0.25, -0.2) is 4.39 Å². The molecule has 0 aliphatic heterocycles. The summed E-state index contributed by atoms with van der Waals surface area (Å²) in [6.45, 7) is 3.07. The molecule has 150 valence electrons. The molecular formula is C21H19FN2O3S2. The predicted molar refractivity (Wildman–Crippen MR) is 115 cm³/mol. The van der Waals surface area contributed by atoms with Crippen LogP contribution in [0.1, 0.15) is 17.5 Å². The summed E-state index contributed by atoms with van der Waals surface area (Å²) in [6, 6.07) is 11.8. The lowest BCUT2D eigenvalue weighted by Gasteiger charge is -2.03. The van der Waals surface area contributed by atoms with Gasteiger partial charge in [0.1, 0.15) is 5.82 Å². The number of fused-ring (bicyclic) bond motifs is 2. The van der Waals surface area contributed by atoms with Gasteiger partial charge in [-0.15, -0.1) is 0 Å². The third kappa shape index (κ3) is 3.95. The zero-order valence-corrected chi connectivity index (χ0v) is 17.6. The standard InChI is InChI=1S/C21H19FN2O3S2/c1-3-26-16-6-4-5-13-11-17(27-19(13)16)20(25)23-21-24(9-10-28-2)15-8-7-14(22)12-18(15)29-21/h4-8,11-12H,3,9-10H2,1-2H3. The lowest BCUT2D eigenvalue weighted by molar-refractivity contribution is 0.0973. The topological polar surface area (TPSA) is 56.7 Å². The van der Waals surface area contributed by atoms with Gasteiger partial charge in [0.05, 0.1) is 16.8 Å². The molecule has 2 aromatic heterocycles. The number of thiazole rings is 1. The fourth-order valence-corrected chi connectivity index (χ4v) is 4.53. The highest BCUT2D eigenvalue weighted by molar-refractivity contribution is 7.98. The monoisotopic (exact) mass is 430 g/mol. The second-order valence-corrected chi connectivity index (χ2v) is 8.27. The van der Waals surface area contributed by atoms with Gasteiger partial charge >= 0.3 is 5.91 Å². The summed E-state index contributed by atoms with van der Waals surface area (Å²) in [4.78, 5) is 17.7. The average molecular weight is 431 g/mol. The van der Waals surface area contributed by atoms with Gasteiger partial charge in [-0.3, -0.25) is 4.79 Å². The Kier molecular flexibility index (Phi) is 5.73. The van der Waals surface area contributed by atoms with Crippen LogP contribution in [0.2, 0.25) is 0 Å². The lowest BCUT2D eigenvalue weighted by atomic mass is 10.2. The molecular weight excluding hydrogens is 411 g/mol. The van der Waals surface area contributed by atoms with E-state index in [0.717, 1.165) is 21.4 Å². The summed E-state index contributed by atoms with van der Waals surface area (Å²) in [6.07, 6.45) is 2.01. The van der Waals surface area contributed by atoms with Crippen molar-refractivity contribution in [2.24, 2.45) is 4.99 Å². The summed E-state index contributed by atoms with van der Waals surface area (Å²) < 4.78 is 27.7. The van der Waals surface area contributed by atoms with Gasteiger partial charge < -0.3 is 13.7 Å². The zero-order chi connectivity index (χ0) is 20.4. The van der Waals surface area contributed by atoms with E-state index in [2.05, 4.69) is 4.99 Å². The maximum Gasteiger partial charge on any atom is 0.315 e. The SMILES string of the molecule is CCOc1cccc2cc(C(=O)N=c3sc4cc(F)ccc4n3CCSC)oc12. The maximum atomic E-state index is 13.6. The van der Waals surface area contributed by atoms with Crippen molar-refractivity contribution < 1.29 is 18.3 Å². The summed E-state index contributed by atoms with van der Waals surface area (Å²) in [7, 11) is 0. The molecule has 2 aromatic carbocycles. The Bertz CT molecular complexity index is 1260. The minimum atomic E-state index is -0.478. The van der Waals surface area contributed by atoms with E-state index in [1.165, 1.54) is 23.5 Å². The van der Waals surface area contributed by atoms with Crippen molar-refractivity contribution in [1.82, 2.24) is 4.57 Å². The molecule has 0 aliphatic carbocycles. The first-order valence-corrected chi connectivity index (χ1v) is 11.3. The number of benzene rings is 2. The Morgan fingerprint density at radius 2 is 2.17 bits per heavy atom. The number of furan rings is 1. The third-order valence-corrected chi connectivity index (χ3v) is 6.01. The van der Waals surface area contributed by atoms with Crippen LogP contribution in [0.4, 0.5) is 4.39 Å². The molecule has 0 saturated heterocycles. The first kappa shape index (κ1) is 19.7. The molecule has 1 amide bonds. The third-order valence-electron chi connectivity index (χ3n) is 4.38. The van der Waals surface area contributed by atoms with Crippen LogP contribution in [-0.4, -0.2) is 29.1 Å². The van der Waals surface area contributed by atoms with Gasteiger partial charge in [0.15, 0.2) is 21.9 Å². The number of halogens is 1. The average Bonchev–Trinajstić information content (AvgIpc) is 3.28. The molecule has 4 aromatic rings. The molecule has 0 atom stereocenters. The van der Waals surface area contributed by atoms with E-state index in [0.29, 0.717) is 29.3 Å². The molecule has 2 heterocycles. The van der Waals surface area contributed by atoms with Crippen molar-refractivity contribution >= 4 is 50.2 Å². The Labute approximate surface area is 174 Å². The fraction of sp³-hybridized carbons (Fsp3) is 0.238. The lowest BCUT2D eigenvalue weighted by Crippen LogP contribution is -2.18. The van der Waals surface area contributed by atoms with Crippen molar-refractivity contribution in [2.45, 2.75) is 13.5 Å². The number of aromatic nitrogens is 1. The number of nitrogens with zero attached hydrogens (tertiary/aromatic N) is 2. The molecule has 0 spiro atoms. The number of rotatable bonds is 6. The molecule has 0 radical (unpaired) electrons. The number of aryl methyl sites for hydroxylation is 1. The molecule has 0 aliphatic rings. The van der Waals surface area contributed by atoms with Crippen molar-refractivity contribution in [1.29, 1.82) is 0 Å². The van der Waals surface area contributed by atoms with Crippen molar-refractivity contribution in [3.8, 4) is 5.75 Å². The Morgan fingerprint density at radius 3 is 2.97 bits per heavy atom. The Balaban J connectivity index is 1.79. The van der Waals surface area contributed by atoms with Crippen molar-refractivity contribution in [3.05, 3.63) is 58.8 Å². The predicted octanol–water partition coefficient (Wildman–Crippen LogP) is 5.09. The van der Waals surface area contributed by atoms with E-state index in [-0.39, 0.29) is 11.6 Å². The summed E-state index contributed by atoms with van der Waals surface area (Å²) >= 11 is 2.98. The molecule has 0 N–H and O–H groups in total. The van der Waals surface area contributed by atoms with Crippen LogP contribution in [0.15, 0.2) is 51.9 Å². The highest BCUT2D eigenvalue weighted by Crippen LogP contribution is 2.29. The second-order valence-electron chi connectivity index (χ2n) is 6.28. The molecule has 4 rings (SSSR count). The van der Waals surface area contributed by atoms with E-state index in [4.69, 9.17) is 9.15 Å². The first-order valence-electron chi connectivity index (χ1n) is 9.13. The normalized spacial score (nSPS) is 12.2. The largest absolute Gasteiger partial charge is 0.490 e. The molecule has 0 unspecified atom stereocenters. The van der Waals surface area contributed by atoms with Crippen LogP contribution in [0.3, 0.4) is 0 Å². The number of carbonyl (C=O) groups excluding carboxylic acids is 1. The van der Waals surface area contributed by atoms with Crippen LogP contribution in [0.5, 0.6) is 5.75 Å². The van der Waals surface area contributed by atoms with Gasteiger partial charge in [-0.1, -0.05) is 23.5 Å². The molecule has 0 fully saturated rings. The zero-order valence-electron chi connectivity index (χ0n) is 16.0. The molecule has 0 bridgehead atoms. The smallest absolute Gasteiger partial charge is 0.315 e. The maximum absolute atomic E-state index is 13.6. The fourth-order valence-electron chi connectivity index (χ4n) is 3.08. The van der Waals surface area contributed by atoms with Gasteiger partial charge in [0.2, 0.25) is 0 Å². The van der Waals surface area contributed by atoms with E-state index in [1.54, 1.807) is 30.0 Å². The number of amides is 1. The minimum absolute atomic E-state index is 0.146. The summed E-state index contributed by atoms with van der Waals surface area (Å²) in [5.74, 6) is 0.805. The van der Waals surface area contributed by atoms with Crippen molar-refractivity contribution in [2.75, 3.05) is 18.6 Å².